The SMILES string of the molecule is CCCCC[CH2][Al]([CH2]CCCCC)[O]C(C)OCCC. The van der Waals surface area contributed by atoms with Crippen LogP contribution in [0.3, 0.4) is 0 Å². The molecule has 0 fully saturated rings. The molecule has 0 heterocycles. The smallest absolute Gasteiger partial charge is 0.462 e. The maximum Gasteiger partial charge on any atom is 0.462 e. The summed E-state index contributed by atoms with van der Waals surface area (Å²) in [4.78, 5) is 0. The van der Waals surface area contributed by atoms with Gasteiger partial charge in [0.1, 0.15) is 6.29 Å². The van der Waals surface area contributed by atoms with Crippen molar-refractivity contribution in [2.45, 2.75) is 102 Å². The van der Waals surface area contributed by atoms with Gasteiger partial charge in [-0.2, -0.15) is 0 Å². The van der Waals surface area contributed by atoms with E-state index in [-0.39, 0.29) is 6.29 Å². The monoisotopic (exact) mass is 300 g/mol. The van der Waals surface area contributed by atoms with Crippen LogP contribution >= 0.6 is 0 Å². The van der Waals surface area contributed by atoms with E-state index in [4.69, 9.17) is 8.53 Å². The van der Waals surface area contributed by atoms with Crippen LogP contribution in [0, 0.1) is 0 Å². The van der Waals surface area contributed by atoms with Crippen molar-refractivity contribution in [3.05, 3.63) is 0 Å². The minimum Gasteiger partial charge on any atom is -0.478 e. The Labute approximate surface area is 132 Å². The Kier molecular flexibility index (Phi) is 16.2. The van der Waals surface area contributed by atoms with Crippen LogP contribution in [0.15, 0.2) is 0 Å². The molecule has 0 saturated heterocycles. The molecule has 0 aromatic rings. The molecule has 0 saturated carbocycles. The summed E-state index contributed by atoms with van der Waals surface area (Å²) < 4.78 is 11.9. The van der Waals surface area contributed by atoms with Gasteiger partial charge >= 0.3 is 14.5 Å². The van der Waals surface area contributed by atoms with E-state index in [1.807, 2.05) is 0 Å². The second-order valence-corrected chi connectivity index (χ2v) is 8.57. The lowest BCUT2D eigenvalue weighted by Gasteiger charge is -2.20. The number of ether oxygens (including phenoxy) is 1. The first-order valence-corrected chi connectivity index (χ1v) is 11.1. The van der Waals surface area contributed by atoms with Gasteiger partial charge in [0.2, 0.25) is 0 Å². The second kappa shape index (κ2) is 15.8. The Morgan fingerprint density at radius 3 is 1.75 bits per heavy atom. The quantitative estimate of drug-likeness (QED) is 0.212. The summed E-state index contributed by atoms with van der Waals surface area (Å²) in [6.45, 7) is 9.60. The Morgan fingerprint density at radius 1 is 0.750 bits per heavy atom. The largest absolute Gasteiger partial charge is 0.478 e. The Hall–Kier alpha value is 0.452. The number of rotatable bonds is 15. The fourth-order valence-corrected chi connectivity index (χ4v) is 5.14. The molecule has 0 aliphatic carbocycles. The van der Waals surface area contributed by atoms with Crippen molar-refractivity contribution in [2.24, 2.45) is 0 Å². The van der Waals surface area contributed by atoms with E-state index < -0.39 is 14.5 Å². The summed E-state index contributed by atoms with van der Waals surface area (Å²) in [5.74, 6) is 0. The molecular weight excluding hydrogens is 263 g/mol. The number of unbranched alkanes of at least 4 members (excludes halogenated alkanes) is 6. The molecule has 2 nitrogen and oxygen atoms in total. The van der Waals surface area contributed by atoms with E-state index in [1.54, 1.807) is 0 Å². The third-order valence-corrected chi connectivity index (χ3v) is 6.57. The lowest BCUT2D eigenvalue weighted by molar-refractivity contribution is -0.0695. The number of hydrogen-bond acceptors (Lipinski definition) is 2. The number of hydrogen-bond donors (Lipinski definition) is 0. The minimum atomic E-state index is -1.04. The molecule has 20 heavy (non-hydrogen) atoms. The zero-order valence-corrected chi connectivity index (χ0v) is 15.6. The molecule has 0 aromatic carbocycles. The van der Waals surface area contributed by atoms with Crippen LogP contribution in [0.1, 0.15) is 85.5 Å². The molecule has 0 aromatic heterocycles. The predicted molar refractivity (Wildman–Crippen MR) is 90.4 cm³/mol. The van der Waals surface area contributed by atoms with E-state index in [9.17, 15) is 0 Å². The molecular formula is C17H37AlO2. The lowest BCUT2D eigenvalue weighted by atomic mass is 10.2. The van der Waals surface area contributed by atoms with Crippen LogP contribution in [0.25, 0.3) is 0 Å². The Balaban J connectivity index is 3.89. The maximum atomic E-state index is 6.23. The van der Waals surface area contributed by atoms with Crippen molar-refractivity contribution in [1.29, 1.82) is 0 Å². The van der Waals surface area contributed by atoms with E-state index in [0.717, 1.165) is 13.0 Å². The normalized spacial score (nSPS) is 12.6. The fraction of sp³-hybridized carbons (Fsp3) is 1.00. The lowest BCUT2D eigenvalue weighted by Crippen LogP contribution is -2.26. The van der Waals surface area contributed by atoms with Crippen LogP contribution in [0.4, 0.5) is 0 Å². The van der Waals surface area contributed by atoms with Crippen molar-refractivity contribution >= 4 is 14.5 Å². The highest BCUT2D eigenvalue weighted by Crippen LogP contribution is 2.16. The van der Waals surface area contributed by atoms with Crippen LogP contribution in [0.2, 0.25) is 10.6 Å². The van der Waals surface area contributed by atoms with Crippen LogP contribution in [-0.4, -0.2) is 27.4 Å². The van der Waals surface area contributed by atoms with E-state index in [0.29, 0.717) is 0 Å². The molecule has 0 spiro atoms. The van der Waals surface area contributed by atoms with E-state index in [2.05, 4.69) is 27.7 Å². The molecule has 0 aliphatic rings. The average Bonchev–Trinajstić information content (AvgIpc) is 2.45. The summed E-state index contributed by atoms with van der Waals surface area (Å²) in [5, 5.41) is 2.68. The summed E-state index contributed by atoms with van der Waals surface area (Å²) in [6, 6.07) is 0. The summed E-state index contributed by atoms with van der Waals surface area (Å²) in [5.41, 5.74) is 0. The predicted octanol–water partition coefficient (Wildman–Crippen LogP) is 5.93. The van der Waals surface area contributed by atoms with Crippen molar-refractivity contribution in [3.8, 4) is 0 Å². The topological polar surface area (TPSA) is 18.5 Å². The van der Waals surface area contributed by atoms with Crippen LogP contribution in [0.5, 0.6) is 0 Å². The zero-order valence-electron chi connectivity index (χ0n) is 14.5. The highest BCUT2D eigenvalue weighted by Gasteiger charge is 2.22. The molecule has 120 valence electrons. The molecule has 3 heteroatoms. The molecule has 1 atom stereocenters. The van der Waals surface area contributed by atoms with E-state index >= 15 is 0 Å². The minimum absolute atomic E-state index is 0.0176. The van der Waals surface area contributed by atoms with Gasteiger partial charge in [0, 0.05) is 6.61 Å². The van der Waals surface area contributed by atoms with Gasteiger partial charge in [-0.1, -0.05) is 82.7 Å². The summed E-state index contributed by atoms with van der Waals surface area (Å²) in [7, 11) is 0. The van der Waals surface area contributed by atoms with Gasteiger partial charge in [0.05, 0.1) is 0 Å². The van der Waals surface area contributed by atoms with Crippen molar-refractivity contribution in [1.82, 2.24) is 0 Å². The first-order chi connectivity index (χ1) is 9.74. The van der Waals surface area contributed by atoms with Crippen LogP contribution < -0.4 is 0 Å². The van der Waals surface area contributed by atoms with Crippen LogP contribution in [-0.2, 0) is 8.53 Å². The Bertz CT molecular complexity index is 176. The van der Waals surface area contributed by atoms with Gasteiger partial charge in [-0.15, -0.1) is 0 Å². The maximum absolute atomic E-state index is 6.23. The third kappa shape index (κ3) is 13.4. The molecule has 0 N–H and O–H groups in total. The van der Waals surface area contributed by atoms with Crippen molar-refractivity contribution < 1.29 is 8.53 Å². The van der Waals surface area contributed by atoms with Gasteiger partial charge in [-0.3, -0.25) is 0 Å². The van der Waals surface area contributed by atoms with Crippen molar-refractivity contribution in [3.63, 3.8) is 0 Å². The summed E-state index contributed by atoms with van der Waals surface area (Å²) in [6.07, 6.45) is 12.0. The first kappa shape index (κ1) is 20.5. The zero-order chi connectivity index (χ0) is 15.1. The first-order valence-electron chi connectivity index (χ1n) is 9.01. The van der Waals surface area contributed by atoms with Gasteiger partial charge in [-0.25, -0.2) is 0 Å². The molecule has 0 bridgehead atoms. The molecule has 1 unspecified atom stereocenters. The Morgan fingerprint density at radius 2 is 1.30 bits per heavy atom. The van der Waals surface area contributed by atoms with Gasteiger partial charge in [0.25, 0.3) is 0 Å². The summed E-state index contributed by atoms with van der Waals surface area (Å²) >= 11 is -1.04. The highest BCUT2D eigenvalue weighted by atomic mass is 27.2. The molecule has 0 amide bonds. The van der Waals surface area contributed by atoms with Crippen molar-refractivity contribution in [2.75, 3.05) is 6.61 Å². The second-order valence-electron chi connectivity index (χ2n) is 5.90. The van der Waals surface area contributed by atoms with Gasteiger partial charge < -0.3 is 8.53 Å². The fourth-order valence-electron chi connectivity index (χ4n) is 2.47. The average molecular weight is 300 g/mol. The third-order valence-electron chi connectivity index (χ3n) is 3.70. The molecule has 0 radical (unpaired) electrons. The highest BCUT2D eigenvalue weighted by molar-refractivity contribution is 6.51. The van der Waals surface area contributed by atoms with Gasteiger partial charge in [-0.05, 0) is 13.3 Å². The standard InChI is InChI=1S/2C6H13.C5H11O2.Al/c2*1-3-5-6-4-2;1-3-4-7-5(2)6;/h2*1,3-6H2,2H3;5H,3-4H2,1-2H3;/q;;-1;+1. The molecule has 0 rings (SSSR count). The van der Waals surface area contributed by atoms with Gasteiger partial charge in [0.15, 0.2) is 0 Å². The molecule has 0 aliphatic heterocycles. The van der Waals surface area contributed by atoms with E-state index in [1.165, 1.54) is 61.9 Å².